The molecule has 1 fully saturated rings. The second-order valence-corrected chi connectivity index (χ2v) is 6.05. The van der Waals surface area contributed by atoms with Crippen molar-refractivity contribution in [2.45, 2.75) is 31.4 Å². The van der Waals surface area contributed by atoms with Gasteiger partial charge in [0.1, 0.15) is 5.82 Å². The molecule has 0 saturated carbocycles. The van der Waals surface area contributed by atoms with Gasteiger partial charge in [0, 0.05) is 12.6 Å². The Kier molecular flexibility index (Phi) is 4.68. The number of carbonyl (C=O) groups excluding carboxylic acids is 1. The highest BCUT2D eigenvalue weighted by Gasteiger charge is 2.32. The molecule has 0 radical (unpaired) electrons. The summed E-state index contributed by atoms with van der Waals surface area (Å²) in [7, 11) is 0. The average molecular weight is 338 g/mol. The summed E-state index contributed by atoms with van der Waals surface area (Å²) in [4.78, 5) is 14.3. The van der Waals surface area contributed by atoms with Crippen molar-refractivity contribution in [3.63, 3.8) is 0 Å². The Morgan fingerprint density at radius 3 is 2.78 bits per heavy atom. The molecule has 2 heterocycles. The zero-order valence-electron chi connectivity index (χ0n) is 12.4. The van der Waals surface area contributed by atoms with Crippen molar-refractivity contribution >= 4 is 17.5 Å². The molecule has 0 bridgehead atoms. The number of furan rings is 1. The summed E-state index contributed by atoms with van der Waals surface area (Å²) in [6.07, 6.45) is 2.75. The van der Waals surface area contributed by atoms with E-state index in [1.54, 1.807) is 23.1 Å². The van der Waals surface area contributed by atoms with Crippen LogP contribution in [0.15, 0.2) is 41.0 Å². The van der Waals surface area contributed by atoms with Gasteiger partial charge in [-0.2, -0.15) is 0 Å². The van der Waals surface area contributed by atoms with E-state index in [-0.39, 0.29) is 23.0 Å². The topological polar surface area (TPSA) is 53.7 Å². The minimum absolute atomic E-state index is 0.0754. The van der Waals surface area contributed by atoms with Crippen LogP contribution in [0.2, 0.25) is 5.22 Å². The monoisotopic (exact) mass is 337 g/mol. The summed E-state index contributed by atoms with van der Waals surface area (Å²) in [6, 6.07) is 7.25. The molecule has 1 saturated heterocycles. The number of carbonyl (C=O) groups is 1. The maximum Gasteiger partial charge on any atom is 0.258 e. The molecule has 1 aromatic carbocycles. The van der Waals surface area contributed by atoms with Crippen LogP contribution >= 0.6 is 11.6 Å². The first-order valence-electron chi connectivity index (χ1n) is 7.53. The Balaban J connectivity index is 1.70. The third-order valence-electron chi connectivity index (χ3n) is 4.24. The van der Waals surface area contributed by atoms with Crippen molar-refractivity contribution in [3.05, 3.63) is 58.8 Å². The summed E-state index contributed by atoms with van der Waals surface area (Å²) in [6.45, 7) is 0.626. The van der Waals surface area contributed by atoms with Crippen molar-refractivity contribution in [2.24, 2.45) is 0 Å². The van der Waals surface area contributed by atoms with E-state index in [1.165, 1.54) is 18.4 Å². The minimum Gasteiger partial charge on any atom is -0.452 e. The predicted molar refractivity (Wildman–Crippen MR) is 83.8 cm³/mol. The fourth-order valence-electron chi connectivity index (χ4n) is 3.03. The number of aliphatic hydroxyl groups excluding tert-OH is 1. The van der Waals surface area contributed by atoms with Gasteiger partial charge >= 0.3 is 0 Å². The van der Waals surface area contributed by atoms with E-state index in [9.17, 15) is 14.3 Å². The Hall–Kier alpha value is -1.85. The maximum absolute atomic E-state index is 13.0. The van der Waals surface area contributed by atoms with Gasteiger partial charge in [-0.3, -0.25) is 4.79 Å². The van der Waals surface area contributed by atoms with Crippen molar-refractivity contribution in [2.75, 3.05) is 6.54 Å². The van der Waals surface area contributed by atoms with E-state index in [4.69, 9.17) is 16.0 Å². The van der Waals surface area contributed by atoms with Crippen LogP contribution in [-0.4, -0.2) is 28.5 Å². The summed E-state index contributed by atoms with van der Waals surface area (Å²) in [5, 5.41) is 10.4. The first-order valence-corrected chi connectivity index (χ1v) is 7.91. The highest BCUT2D eigenvalue weighted by Crippen LogP contribution is 2.30. The van der Waals surface area contributed by atoms with E-state index >= 15 is 0 Å². The third-order valence-corrected chi connectivity index (χ3v) is 4.53. The van der Waals surface area contributed by atoms with Crippen molar-refractivity contribution in [1.82, 2.24) is 4.90 Å². The number of amides is 1. The zero-order chi connectivity index (χ0) is 16.4. The van der Waals surface area contributed by atoms with Gasteiger partial charge in [0.15, 0.2) is 0 Å². The predicted octanol–water partition coefficient (Wildman–Crippen LogP) is 3.80. The van der Waals surface area contributed by atoms with Gasteiger partial charge in [-0.15, -0.1) is 0 Å². The first-order chi connectivity index (χ1) is 11.1. The van der Waals surface area contributed by atoms with Gasteiger partial charge in [0.05, 0.1) is 17.9 Å². The molecule has 0 aliphatic carbocycles. The molecule has 2 atom stereocenters. The van der Waals surface area contributed by atoms with Crippen LogP contribution in [0.3, 0.4) is 0 Å². The minimum atomic E-state index is -0.742. The van der Waals surface area contributed by atoms with E-state index in [0.717, 1.165) is 12.8 Å². The van der Waals surface area contributed by atoms with E-state index in [1.807, 2.05) is 0 Å². The molecule has 23 heavy (non-hydrogen) atoms. The van der Waals surface area contributed by atoms with Gasteiger partial charge in [0.2, 0.25) is 5.22 Å². The van der Waals surface area contributed by atoms with Crippen molar-refractivity contribution < 1.29 is 18.7 Å². The molecule has 6 heteroatoms. The normalized spacial score (nSPS) is 19.1. The summed E-state index contributed by atoms with van der Waals surface area (Å²) < 4.78 is 17.9. The summed E-state index contributed by atoms with van der Waals surface area (Å²) in [5.41, 5.74) is 0.988. The highest BCUT2D eigenvalue weighted by molar-refractivity contribution is 6.32. The van der Waals surface area contributed by atoms with Crippen LogP contribution in [0, 0.1) is 5.82 Å². The van der Waals surface area contributed by atoms with Gasteiger partial charge in [-0.1, -0.05) is 12.1 Å². The van der Waals surface area contributed by atoms with E-state index in [2.05, 4.69) is 0 Å². The zero-order valence-corrected chi connectivity index (χ0v) is 13.2. The van der Waals surface area contributed by atoms with Gasteiger partial charge in [-0.05, 0) is 54.6 Å². The van der Waals surface area contributed by atoms with Gasteiger partial charge in [-0.25, -0.2) is 4.39 Å². The fraction of sp³-hybridized carbons (Fsp3) is 0.353. The van der Waals surface area contributed by atoms with Crippen LogP contribution in [0.25, 0.3) is 0 Å². The number of hydrogen-bond donors (Lipinski definition) is 1. The number of aliphatic hydroxyl groups is 1. The number of benzene rings is 1. The van der Waals surface area contributed by atoms with Crippen LogP contribution in [0.5, 0.6) is 0 Å². The lowest BCUT2D eigenvalue weighted by molar-refractivity contribution is 0.0666. The largest absolute Gasteiger partial charge is 0.452 e. The van der Waals surface area contributed by atoms with Crippen LogP contribution in [0.1, 0.15) is 41.3 Å². The number of halogens is 2. The molecule has 1 amide bonds. The maximum atomic E-state index is 13.0. The Labute approximate surface area is 138 Å². The number of nitrogens with zero attached hydrogens (tertiary/aromatic N) is 1. The molecule has 122 valence electrons. The molecule has 2 aromatic rings. The van der Waals surface area contributed by atoms with Crippen LogP contribution in [0.4, 0.5) is 4.39 Å². The molecule has 1 N–H and O–H groups in total. The lowest BCUT2D eigenvalue weighted by atomic mass is 10.00. The third kappa shape index (κ3) is 3.41. The molecule has 0 spiro atoms. The van der Waals surface area contributed by atoms with Gasteiger partial charge in [0.25, 0.3) is 5.91 Å². The Morgan fingerprint density at radius 1 is 1.39 bits per heavy atom. The second-order valence-electron chi connectivity index (χ2n) is 5.71. The molecule has 1 aliphatic heterocycles. The first kappa shape index (κ1) is 16.0. The molecule has 2 unspecified atom stereocenters. The average Bonchev–Trinajstić information content (AvgIpc) is 3.16. The summed E-state index contributed by atoms with van der Waals surface area (Å²) >= 11 is 5.88. The molecule has 1 aromatic heterocycles. The second kappa shape index (κ2) is 6.72. The fourth-order valence-corrected chi connectivity index (χ4v) is 3.22. The quantitative estimate of drug-likeness (QED) is 0.923. The SMILES string of the molecule is O=C(c1ccoc1Cl)N1CCCC1CC(O)c1ccc(F)cc1. The molecule has 4 nitrogen and oxygen atoms in total. The summed E-state index contributed by atoms with van der Waals surface area (Å²) in [5.74, 6) is -0.522. The van der Waals surface area contributed by atoms with Gasteiger partial charge < -0.3 is 14.4 Å². The van der Waals surface area contributed by atoms with Crippen molar-refractivity contribution in [1.29, 1.82) is 0 Å². The van der Waals surface area contributed by atoms with Crippen molar-refractivity contribution in [3.8, 4) is 0 Å². The standard InChI is InChI=1S/C17H17ClFNO3/c18-16-14(7-9-23-16)17(22)20-8-1-2-13(20)10-15(21)11-3-5-12(19)6-4-11/h3-7,9,13,15,21H,1-2,8,10H2. The smallest absolute Gasteiger partial charge is 0.258 e. The number of hydrogen-bond acceptors (Lipinski definition) is 3. The Morgan fingerprint density at radius 2 is 2.13 bits per heavy atom. The Bertz CT molecular complexity index is 685. The van der Waals surface area contributed by atoms with E-state index in [0.29, 0.717) is 24.1 Å². The van der Waals surface area contributed by atoms with Crippen LogP contribution in [-0.2, 0) is 0 Å². The number of likely N-dealkylation sites (tertiary alicyclic amines) is 1. The molecular weight excluding hydrogens is 321 g/mol. The van der Waals surface area contributed by atoms with E-state index < -0.39 is 6.10 Å². The molecule has 1 aliphatic rings. The lowest BCUT2D eigenvalue weighted by Crippen LogP contribution is -2.36. The van der Waals surface area contributed by atoms with Crippen LogP contribution < -0.4 is 0 Å². The highest BCUT2D eigenvalue weighted by atomic mass is 35.5. The molecular formula is C17H17ClFNO3. The number of rotatable bonds is 4. The molecule has 3 rings (SSSR count). The lowest BCUT2D eigenvalue weighted by Gasteiger charge is -2.26.